The second-order valence-electron chi connectivity index (χ2n) is 16.3. The third-order valence-corrected chi connectivity index (χ3v) is 14.2. The van der Waals surface area contributed by atoms with Gasteiger partial charge in [-0.25, -0.2) is 4.79 Å². The van der Waals surface area contributed by atoms with Gasteiger partial charge in [-0.05, 0) is 81.6 Å². The fourth-order valence-electron chi connectivity index (χ4n) is 11.5. The second kappa shape index (κ2) is 13.4. The zero-order valence-corrected chi connectivity index (χ0v) is 29.1. The average molecular weight is 711 g/mol. The number of carbonyl (C=O) groups is 2. The number of fused-ring (bicyclic) bond motifs is 5. The molecule has 0 radical (unpaired) electrons. The van der Waals surface area contributed by atoms with E-state index in [1.54, 1.807) is 13.0 Å². The normalized spacial score (nSPS) is 53.5. The summed E-state index contributed by atoms with van der Waals surface area (Å²) in [5, 5.41) is 65.3. The van der Waals surface area contributed by atoms with E-state index in [1.807, 2.05) is 0 Å². The molecule has 0 aromatic carbocycles. The number of rotatable bonds is 8. The third-order valence-electron chi connectivity index (χ3n) is 14.2. The summed E-state index contributed by atoms with van der Waals surface area (Å²) < 4.78 is 35.2. The molecule has 0 bridgehead atoms. The molecule has 0 amide bonds. The van der Waals surface area contributed by atoms with Crippen LogP contribution in [-0.2, 0) is 38.0 Å². The van der Waals surface area contributed by atoms with Crippen LogP contribution in [0.1, 0.15) is 78.1 Å². The van der Waals surface area contributed by atoms with Crippen molar-refractivity contribution in [2.75, 3.05) is 20.3 Å². The topological polar surface area (TPSA) is 211 Å². The Hall–Kier alpha value is -1.56. The lowest BCUT2D eigenvalue weighted by Crippen LogP contribution is -2.69. The molecule has 50 heavy (non-hydrogen) atoms. The van der Waals surface area contributed by atoms with Crippen LogP contribution in [0.2, 0.25) is 0 Å². The number of ether oxygens (including phenoxy) is 6. The highest BCUT2D eigenvalue weighted by Crippen LogP contribution is 2.70. The van der Waals surface area contributed by atoms with E-state index in [2.05, 4.69) is 6.92 Å². The molecule has 282 valence electrons. The highest BCUT2D eigenvalue weighted by molar-refractivity contribution is 5.85. The maximum Gasteiger partial charge on any atom is 0.331 e. The summed E-state index contributed by atoms with van der Waals surface area (Å²) in [6.07, 6.45) is -2.52. The van der Waals surface area contributed by atoms with Gasteiger partial charge in [0.25, 0.3) is 0 Å². The molecule has 17 atom stereocenters. The zero-order chi connectivity index (χ0) is 35.8. The number of cyclic esters (lactones) is 1. The van der Waals surface area contributed by atoms with Gasteiger partial charge < -0.3 is 63.9 Å². The van der Waals surface area contributed by atoms with Crippen molar-refractivity contribution < 1.29 is 68.6 Å². The first-order valence-corrected chi connectivity index (χ1v) is 18.3. The van der Waals surface area contributed by atoms with E-state index in [1.165, 1.54) is 7.11 Å². The van der Waals surface area contributed by atoms with Gasteiger partial charge in [-0.2, -0.15) is 0 Å². The van der Waals surface area contributed by atoms with Crippen LogP contribution in [0.15, 0.2) is 11.6 Å². The van der Waals surface area contributed by atoms with Crippen molar-refractivity contribution in [3.05, 3.63) is 11.6 Å². The first-order chi connectivity index (χ1) is 23.7. The SMILES string of the molecule is CO[C@@H]1C[C@H](O[C@H]2CC[C@]3(C=O)[C@H]4CC[C@]5(C)[C@@H](C6=CC(=O)OC6)CC[C@]5(O)[C@@H]4CC[C@]3(O)C2)O[C@H](C)[C@@H]1O[C@H]1O[C@@H](CO)[C@H](O)[C@@H](O)[C@@H]1O. The van der Waals surface area contributed by atoms with Crippen LogP contribution in [0.4, 0.5) is 0 Å². The number of hydrogen-bond donors (Lipinski definition) is 6. The van der Waals surface area contributed by atoms with Crippen molar-refractivity contribution in [2.24, 2.45) is 28.6 Å². The molecule has 14 heteroatoms. The highest BCUT2D eigenvalue weighted by Gasteiger charge is 2.71. The van der Waals surface area contributed by atoms with Gasteiger partial charge >= 0.3 is 5.97 Å². The number of carbonyl (C=O) groups excluding carboxylic acids is 2. The molecule has 14 nitrogen and oxygen atoms in total. The first kappa shape index (κ1) is 36.8. The minimum Gasteiger partial charge on any atom is -0.458 e. The van der Waals surface area contributed by atoms with Crippen LogP contribution in [0.3, 0.4) is 0 Å². The minimum absolute atomic E-state index is 0.0352. The summed E-state index contributed by atoms with van der Waals surface area (Å²) >= 11 is 0. The summed E-state index contributed by atoms with van der Waals surface area (Å²) in [5.74, 6) is -0.635. The Morgan fingerprint density at radius 3 is 2.40 bits per heavy atom. The summed E-state index contributed by atoms with van der Waals surface area (Å²) in [7, 11) is 1.51. The maximum absolute atomic E-state index is 13.2. The quantitative estimate of drug-likeness (QED) is 0.113. The van der Waals surface area contributed by atoms with Crippen LogP contribution >= 0.6 is 0 Å². The van der Waals surface area contributed by atoms with Crippen molar-refractivity contribution in [1.29, 1.82) is 0 Å². The van der Waals surface area contributed by atoms with Gasteiger partial charge in [0.1, 0.15) is 43.4 Å². The van der Waals surface area contributed by atoms with E-state index in [9.17, 15) is 40.2 Å². The molecule has 4 aliphatic carbocycles. The Morgan fingerprint density at radius 1 is 0.960 bits per heavy atom. The third kappa shape index (κ3) is 5.55. The molecule has 4 saturated carbocycles. The summed E-state index contributed by atoms with van der Waals surface area (Å²) in [6.45, 7) is 3.57. The lowest BCUT2D eigenvalue weighted by molar-refractivity contribution is -0.346. The fraction of sp³-hybridized carbons (Fsp3) is 0.889. The van der Waals surface area contributed by atoms with Gasteiger partial charge in [0.2, 0.25) is 0 Å². The van der Waals surface area contributed by atoms with Gasteiger partial charge in [-0.15, -0.1) is 0 Å². The Balaban J connectivity index is 1.01. The van der Waals surface area contributed by atoms with E-state index < -0.39 is 90.1 Å². The molecule has 2 saturated heterocycles. The molecule has 7 rings (SSSR count). The van der Waals surface area contributed by atoms with Gasteiger partial charge in [-0.3, -0.25) is 0 Å². The smallest absolute Gasteiger partial charge is 0.331 e. The van der Waals surface area contributed by atoms with Crippen molar-refractivity contribution in [1.82, 2.24) is 0 Å². The van der Waals surface area contributed by atoms with Crippen LogP contribution < -0.4 is 0 Å². The molecule has 6 N–H and O–H groups in total. The largest absolute Gasteiger partial charge is 0.458 e. The van der Waals surface area contributed by atoms with E-state index in [0.717, 1.165) is 18.3 Å². The first-order valence-electron chi connectivity index (χ1n) is 18.3. The molecule has 0 aromatic heterocycles. The standard InChI is InChI=1S/C36H54O14/c1-18-31(50-32-30(42)29(41)28(40)25(15-37)49-32)24(45-3)13-27(47-18)48-20-4-9-34(17-38)22-5-8-33(2)21(19-12-26(39)46-16-19)7-11-36(33,44)23(22)6-10-35(34,43)14-20/h12,17-18,20-25,27-32,37,40-44H,4-11,13-16H2,1-3H3/t18-,20+,21-,22+,23-,24-,25+,27+,28+,29-,30+,31+,32-,33-,34+,35+,36+/m1/s1. The second-order valence-corrected chi connectivity index (χ2v) is 16.3. The number of hydrogen-bond acceptors (Lipinski definition) is 14. The van der Waals surface area contributed by atoms with Crippen molar-refractivity contribution in [2.45, 2.75) is 151 Å². The summed E-state index contributed by atoms with van der Waals surface area (Å²) in [4.78, 5) is 25.1. The Labute approximate surface area is 292 Å². The Morgan fingerprint density at radius 2 is 1.72 bits per heavy atom. The van der Waals surface area contributed by atoms with Crippen molar-refractivity contribution in [3.8, 4) is 0 Å². The highest BCUT2D eigenvalue weighted by atomic mass is 16.7. The van der Waals surface area contributed by atoms with Crippen LogP contribution in [0.25, 0.3) is 0 Å². The zero-order valence-electron chi connectivity index (χ0n) is 29.1. The van der Waals surface area contributed by atoms with Gasteiger partial charge in [0, 0.05) is 31.4 Å². The van der Waals surface area contributed by atoms with E-state index in [-0.39, 0.29) is 43.2 Å². The Kier molecular flexibility index (Phi) is 9.84. The summed E-state index contributed by atoms with van der Waals surface area (Å²) in [5.41, 5.74) is -2.86. The van der Waals surface area contributed by atoms with Gasteiger partial charge in [0.05, 0.1) is 41.5 Å². The molecule has 6 fully saturated rings. The molecule has 7 aliphatic rings. The summed E-state index contributed by atoms with van der Waals surface area (Å²) in [6, 6.07) is 0. The number of aliphatic hydroxyl groups is 6. The number of methoxy groups -OCH3 is 1. The van der Waals surface area contributed by atoms with E-state index >= 15 is 0 Å². The monoisotopic (exact) mass is 710 g/mol. The molecule has 3 heterocycles. The van der Waals surface area contributed by atoms with E-state index in [0.29, 0.717) is 44.9 Å². The molecule has 0 spiro atoms. The molecule has 0 unspecified atom stereocenters. The van der Waals surface area contributed by atoms with E-state index in [4.69, 9.17) is 28.4 Å². The van der Waals surface area contributed by atoms with Gasteiger partial charge in [0.15, 0.2) is 12.6 Å². The average Bonchev–Trinajstić information content (AvgIpc) is 3.64. The fourth-order valence-corrected chi connectivity index (χ4v) is 11.5. The number of aliphatic hydroxyl groups excluding tert-OH is 4. The number of esters is 1. The Bertz CT molecular complexity index is 1330. The minimum atomic E-state index is -1.58. The lowest BCUT2D eigenvalue weighted by Gasteiger charge is -2.65. The lowest BCUT2D eigenvalue weighted by atomic mass is 9.41. The predicted molar refractivity (Wildman–Crippen MR) is 171 cm³/mol. The number of aldehydes is 1. The maximum atomic E-state index is 13.2. The molecular formula is C36H54O14. The van der Waals surface area contributed by atoms with Gasteiger partial charge in [-0.1, -0.05) is 6.92 Å². The van der Waals surface area contributed by atoms with Crippen LogP contribution in [0.5, 0.6) is 0 Å². The molecular weight excluding hydrogens is 656 g/mol. The molecule has 0 aromatic rings. The van der Waals surface area contributed by atoms with Crippen molar-refractivity contribution >= 4 is 12.3 Å². The molecule has 3 aliphatic heterocycles. The van der Waals surface area contributed by atoms with Crippen molar-refractivity contribution in [3.63, 3.8) is 0 Å². The predicted octanol–water partition coefficient (Wildman–Crippen LogP) is 0.258. The van der Waals surface area contributed by atoms with Crippen LogP contribution in [-0.4, -0.2) is 136 Å². The van der Waals surface area contributed by atoms with Crippen LogP contribution in [0, 0.1) is 28.6 Å².